The number of benzene rings is 1. The van der Waals surface area contributed by atoms with Crippen LogP contribution in [-0.2, 0) is 4.74 Å². The molecule has 3 aromatic heterocycles. The van der Waals surface area contributed by atoms with E-state index in [1.807, 2.05) is 26.8 Å². The van der Waals surface area contributed by atoms with Crippen molar-refractivity contribution in [2.45, 2.75) is 47.0 Å². The van der Waals surface area contributed by atoms with Crippen LogP contribution in [0.25, 0.3) is 33.2 Å². The number of fused-ring (bicyclic) bond motifs is 2. The van der Waals surface area contributed by atoms with Gasteiger partial charge in [0, 0.05) is 28.6 Å². The molecule has 3 heterocycles. The predicted molar refractivity (Wildman–Crippen MR) is 134 cm³/mol. The molecule has 0 atom stereocenters. The number of nitrogens with one attached hydrogen (secondary N) is 2. The van der Waals surface area contributed by atoms with Gasteiger partial charge in [-0.1, -0.05) is 26.8 Å². The quantitative estimate of drug-likeness (QED) is 0.261. The topological polar surface area (TPSA) is 110 Å². The van der Waals surface area contributed by atoms with E-state index in [9.17, 15) is 9.59 Å². The van der Waals surface area contributed by atoms with Crippen LogP contribution in [0.4, 0.5) is 4.79 Å². The molecule has 0 radical (unpaired) electrons. The van der Waals surface area contributed by atoms with Crippen LogP contribution in [0, 0.1) is 5.41 Å². The van der Waals surface area contributed by atoms with Gasteiger partial charge in [-0.3, -0.25) is 4.79 Å². The molecule has 35 heavy (non-hydrogen) atoms. The molecule has 1 aromatic carbocycles. The third-order valence-electron chi connectivity index (χ3n) is 6.23. The lowest BCUT2D eigenvalue weighted by atomic mass is 9.87. The summed E-state index contributed by atoms with van der Waals surface area (Å²) >= 11 is 0. The molecule has 2 N–H and O–H groups in total. The van der Waals surface area contributed by atoms with Crippen molar-refractivity contribution in [1.82, 2.24) is 19.9 Å². The van der Waals surface area contributed by atoms with Gasteiger partial charge in [-0.15, -0.1) is 0 Å². The smallest absolute Gasteiger partial charge is 0.434 e. The zero-order chi connectivity index (χ0) is 24.7. The number of ketones is 1. The van der Waals surface area contributed by atoms with Crippen LogP contribution in [0.15, 0.2) is 36.7 Å². The van der Waals surface area contributed by atoms with Gasteiger partial charge in [0.1, 0.15) is 5.52 Å². The van der Waals surface area contributed by atoms with Gasteiger partial charge in [-0.2, -0.15) is 0 Å². The number of H-pyrrole nitrogens is 2. The Hall–Kier alpha value is -3.94. The zero-order valence-electron chi connectivity index (χ0n) is 20.3. The second kappa shape index (κ2) is 8.69. The van der Waals surface area contributed by atoms with Crippen molar-refractivity contribution >= 4 is 45.2 Å². The number of allylic oxidation sites excluding steroid dienone is 2. The standard InChI is InChI=1S/C27H28N4O4/c1-5-34-26(33)35-22-12-16-11-15(9-10-20(16)30-22)17-7-6-8-18(17)21-14-29-25-23(31-21)19(13-28-25)24(32)27(2,3)4/h9-14,30H,5-8H2,1-4H3,(H,28,29). The average Bonchev–Trinajstić information content (AvgIpc) is 3.54. The predicted octanol–water partition coefficient (Wildman–Crippen LogP) is 6.30. The highest BCUT2D eigenvalue weighted by Crippen LogP contribution is 2.40. The third kappa shape index (κ3) is 4.32. The summed E-state index contributed by atoms with van der Waals surface area (Å²) in [6.45, 7) is 7.70. The van der Waals surface area contributed by atoms with Crippen LogP contribution >= 0.6 is 0 Å². The van der Waals surface area contributed by atoms with Gasteiger partial charge >= 0.3 is 6.16 Å². The molecule has 0 bridgehead atoms. The lowest BCUT2D eigenvalue weighted by Crippen LogP contribution is -2.20. The Balaban J connectivity index is 1.52. The summed E-state index contributed by atoms with van der Waals surface area (Å²) in [5.74, 6) is 0.380. The highest BCUT2D eigenvalue weighted by molar-refractivity contribution is 6.08. The summed E-state index contributed by atoms with van der Waals surface area (Å²) in [6.07, 6.45) is 5.60. The molecule has 0 aliphatic heterocycles. The summed E-state index contributed by atoms with van der Waals surface area (Å²) in [6, 6.07) is 7.92. The molecule has 0 unspecified atom stereocenters. The van der Waals surface area contributed by atoms with Crippen molar-refractivity contribution in [3.05, 3.63) is 53.5 Å². The molecule has 0 saturated heterocycles. The number of nitrogens with zero attached hydrogens (tertiary/aromatic N) is 2. The summed E-state index contributed by atoms with van der Waals surface area (Å²) in [5.41, 5.74) is 6.42. The molecule has 180 valence electrons. The van der Waals surface area contributed by atoms with Gasteiger partial charge in [0.25, 0.3) is 0 Å². The Morgan fingerprint density at radius 3 is 2.69 bits per heavy atom. The summed E-state index contributed by atoms with van der Waals surface area (Å²) < 4.78 is 10.1. The Morgan fingerprint density at radius 2 is 1.91 bits per heavy atom. The first-order valence-corrected chi connectivity index (χ1v) is 11.8. The molecular formula is C27H28N4O4. The number of carbonyl (C=O) groups excluding carboxylic acids is 2. The van der Waals surface area contributed by atoms with Crippen molar-refractivity contribution in [3.63, 3.8) is 0 Å². The van der Waals surface area contributed by atoms with E-state index in [0.717, 1.165) is 47.0 Å². The Kier molecular flexibility index (Phi) is 5.67. The Labute approximate surface area is 202 Å². The van der Waals surface area contributed by atoms with Crippen molar-refractivity contribution in [3.8, 4) is 5.88 Å². The average molecular weight is 473 g/mol. The van der Waals surface area contributed by atoms with E-state index >= 15 is 0 Å². The highest BCUT2D eigenvalue weighted by Gasteiger charge is 2.27. The van der Waals surface area contributed by atoms with E-state index in [-0.39, 0.29) is 12.4 Å². The number of aromatic nitrogens is 4. The fourth-order valence-electron chi connectivity index (χ4n) is 4.54. The molecule has 0 fully saturated rings. The van der Waals surface area contributed by atoms with E-state index in [0.29, 0.717) is 22.6 Å². The second-order valence-corrected chi connectivity index (χ2v) is 9.77. The van der Waals surface area contributed by atoms with Crippen LogP contribution < -0.4 is 4.74 Å². The molecule has 4 aromatic rings. The van der Waals surface area contributed by atoms with Gasteiger partial charge in [-0.05, 0) is 55.0 Å². The molecule has 0 spiro atoms. The van der Waals surface area contributed by atoms with E-state index in [1.54, 1.807) is 25.4 Å². The van der Waals surface area contributed by atoms with Crippen LogP contribution in [0.2, 0.25) is 0 Å². The highest BCUT2D eigenvalue weighted by atomic mass is 16.7. The zero-order valence-corrected chi connectivity index (χ0v) is 20.3. The van der Waals surface area contributed by atoms with Crippen molar-refractivity contribution in [1.29, 1.82) is 0 Å². The molecule has 8 nitrogen and oxygen atoms in total. The van der Waals surface area contributed by atoms with Crippen molar-refractivity contribution in [2.75, 3.05) is 6.61 Å². The van der Waals surface area contributed by atoms with Crippen LogP contribution in [0.3, 0.4) is 0 Å². The van der Waals surface area contributed by atoms with Crippen LogP contribution in [0.1, 0.15) is 68.6 Å². The van der Waals surface area contributed by atoms with Crippen LogP contribution in [-0.4, -0.2) is 38.5 Å². The molecular weight excluding hydrogens is 444 g/mol. The number of carbonyl (C=O) groups is 2. The SMILES string of the molecule is CCOC(=O)Oc1cc2cc(C3=C(c4cnc5[nH]cc(C(=O)C(C)(C)C)c5n4)CCC3)ccc2[nH]1. The largest absolute Gasteiger partial charge is 0.515 e. The van der Waals surface area contributed by atoms with E-state index < -0.39 is 11.6 Å². The summed E-state index contributed by atoms with van der Waals surface area (Å²) in [5, 5.41) is 0.936. The van der Waals surface area contributed by atoms with Crippen molar-refractivity contribution < 1.29 is 19.1 Å². The van der Waals surface area contributed by atoms with Gasteiger partial charge in [0.05, 0.1) is 24.1 Å². The van der Waals surface area contributed by atoms with Gasteiger partial charge < -0.3 is 19.4 Å². The number of rotatable bonds is 5. The monoisotopic (exact) mass is 472 g/mol. The number of hydrogen-bond donors (Lipinski definition) is 2. The molecule has 0 saturated carbocycles. The van der Waals surface area contributed by atoms with Gasteiger partial charge in [0.15, 0.2) is 11.4 Å². The normalized spacial score (nSPS) is 14.2. The maximum atomic E-state index is 12.9. The first-order valence-electron chi connectivity index (χ1n) is 11.8. The van der Waals surface area contributed by atoms with Gasteiger partial charge in [-0.25, -0.2) is 14.8 Å². The summed E-state index contributed by atoms with van der Waals surface area (Å²) in [7, 11) is 0. The fraction of sp³-hybridized carbons (Fsp3) is 0.333. The van der Waals surface area contributed by atoms with E-state index in [1.165, 1.54) is 5.57 Å². The Morgan fingerprint density at radius 1 is 1.11 bits per heavy atom. The maximum Gasteiger partial charge on any atom is 0.515 e. The fourth-order valence-corrected chi connectivity index (χ4v) is 4.54. The van der Waals surface area contributed by atoms with Gasteiger partial charge in [0.2, 0.25) is 5.88 Å². The lowest BCUT2D eigenvalue weighted by Gasteiger charge is -2.15. The molecule has 5 rings (SSSR count). The number of aromatic amines is 2. The van der Waals surface area contributed by atoms with Crippen LogP contribution in [0.5, 0.6) is 5.88 Å². The number of Topliss-reactive ketones (excluding diaryl/α,β-unsaturated/α-hetero) is 1. The molecule has 8 heteroatoms. The number of hydrogen-bond acceptors (Lipinski definition) is 6. The lowest BCUT2D eigenvalue weighted by molar-refractivity contribution is 0.0859. The Bertz CT molecular complexity index is 1490. The second-order valence-electron chi connectivity index (χ2n) is 9.77. The van der Waals surface area contributed by atoms with Crippen molar-refractivity contribution in [2.24, 2.45) is 5.41 Å². The first kappa shape index (κ1) is 22.8. The minimum Gasteiger partial charge on any atom is -0.434 e. The maximum absolute atomic E-state index is 12.9. The third-order valence-corrected chi connectivity index (χ3v) is 6.23. The minimum absolute atomic E-state index is 0.0366. The molecule has 1 aliphatic carbocycles. The van der Waals surface area contributed by atoms with E-state index in [4.69, 9.17) is 14.5 Å². The van der Waals surface area contributed by atoms with E-state index in [2.05, 4.69) is 27.1 Å². The first-order chi connectivity index (χ1) is 16.7. The molecule has 1 aliphatic rings. The minimum atomic E-state index is -0.733. The number of ether oxygens (including phenoxy) is 2. The molecule has 0 amide bonds. The summed E-state index contributed by atoms with van der Waals surface area (Å²) in [4.78, 5) is 40.2.